The third-order valence-electron chi connectivity index (χ3n) is 3.58. The monoisotopic (exact) mass is 232 g/mol. The standard InChI is InChI=1S/C13H16N2O2/c1-17-9-5-6-10-12(8-9)15-7-3-2-4-11(15)13(16)14-10/h5-6,8,11H,2-4,7H2,1H3,(H,14,16). The highest BCUT2D eigenvalue weighted by molar-refractivity contribution is 6.03. The van der Waals surface area contributed by atoms with E-state index >= 15 is 0 Å². The highest BCUT2D eigenvalue weighted by Gasteiger charge is 2.34. The van der Waals surface area contributed by atoms with Crippen LogP contribution in [-0.4, -0.2) is 25.6 Å². The van der Waals surface area contributed by atoms with E-state index in [0.29, 0.717) is 0 Å². The number of amides is 1. The summed E-state index contributed by atoms with van der Waals surface area (Å²) >= 11 is 0. The Morgan fingerprint density at radius 1 is 1.41 bits per heavy atom. The Kier molecular flexibility index (Phi) is 2.42. The number of hydrogen-bond donors (Lipinski definition) is 1. The van der Waals surface area contributed by atoms with Crippen molar-refractivity contribution in [1.29, 1.82) is 0 Å². The number of ether oxygens (including phenoxy) is 1. The summed E-state index contributed by atoms with van der Waals surface area (Å²) in [6, 6.07) is 5.80. The largest absolute Gasteiger partial charge is 0.497 e. The van der Waals surface area contributed by atoms with Gasteiger partial charge in [-0.25, -0.2) is 0 Å². The Bertz CT molecular complexity index is 459. The molecule has 17 heavy (non-hydrogen) atoms. The van der Waals surface area contributed by atoms with Crippen LogP contribution < -0.4 is 15.0 Å². The Morgan fingerprint density at radius 2 is 2.29 bits per heavy atom. The summed E-state index contributed by atoms with van der Waals surface area (Å²) in [7, 11) is 1.66. The smallest absolute Gasteiger partial charge is 0.247 e. The van der Waals surface area contributed by atoms with E-state index in [1.807, 2.05) is 18.2 Å². The highest BCUT2D eigenvalue weighted by atomic mass is 16.5. The molecule has 0 bridgehead atoms. The fraction of sp³-hybridized carbons (Fsp3) is 0.462. The van der Waals surface area contributed by atoms with Crippen molar-refractivity contribution >= 4 is 17.3 Å². The number of carbonyl (C=O) groups excluding carboxylic acids is 1. The van der Waals surface area contributed by atoms with Crippen LogP contribution in [0.2, 0.25) is 0 Å². The van der Waals surface area contributed by atoms with Crippen LogP contribution in [0, 0.1) is 0 Å². The molecule has 1 N–H and O–H groups in total. The van der Waals surface area contributed by atoms with Crippen molar-refractivity contribution in [1.82, 2.24) is 0 Å². The number of nitrogens with one attached hydrogen (secondary N) is 1. The number of carbonyl (C=O) groups is 1. The lowest BCUT2D eigenvalue weighted by atomic mass is 9.97. The van der Waals surface area contributed by atoms with Crippen LogP contribution in [0.15, 0.2) is 18.2 Å². The minimum Gasteiger partial charge on any atom is -0.497 e. The average Bonchev–Trinajstić information content (AvgIpc) is 2.39. The lowest BCUT2D eigenvalue weighted by molar-refractivity contribution is -0.118. The predicted molar refractivity (Wildman–Crippen MR) is 66.6 cm³/mol. The van der Waals surface area contributed by atoms with Gasteiger partial charge in [0.2, 0.25) is 5.91 Å². The van der Waals surface area contributed by atoms with E-state index in [9.17, 15) is 4.79 Å². The number of hydrogen-bond acceptors (Lipinski definition) is 3. The maximum atomic E-state index is 12.0. The van der Waals surface area contributed by atoms with Crippen molar-refractivity contribution < 1.29 is 9.53 Å². The van der Waals surface area contributed by atoms with Gasteiger partial charge in [-0.2, -0.15) is 0 Å². The van der Waals surface area contributed by atoms with Gasteiger partial charge < -0.3 is 15.0 Å². The molecule has 1 amide bonds. The molecule has 1 unspecified atom stereocenters. The first-order valence-corrected chi connectivity index (χ1v) is 6.05. The van der Waals surface area contributed by atoms with Crippen molar-refractivity contribution in [2.75, 3.05) is 23.9 Å². The lowest BCUT2D eigenvalue weighted by Crippen LogP contribution is -2.50. The minimum atomic E-state index is 0.00311. The second-order valence-corrected chi connectivity index (χ2v) is 4.58. The van der Waals surface area contributed by atoms with E-state index in [1.165, 1.54) is 0 Å². The maximum Gasteiger partial charge on any atom is 0.247 e. The topological polar surface area (TPSA) is 41.6 Å². The summed E-state index contributed by atoms with van der Waals surface area (Å²) in [5.41, 5.74) is 1.99. The van der Waals surface area contributed by atoms with E-state index < -0.39 is 0 Å². The van der Waals surface area contributed by atoms with Gasteiger partial charge in [0.1, 0.15) is 11.8 Å². The fourth-order valence-corrected chi connectivity index (χ4v) is 2.69. The summed E-state index contributed by atoms with van der Waals surface area (Å²) in [5.74, 6) is 0.964. The molecule has 0 aliphatic carbocycles. The molecule has 90 valence electrons. The molecule has 1 atom stereocenters. The zero-order chi connectivity index (χ0) is 11.8. The van der Waals surface area contributed by atoms with Crippen LogP contribution in [-0.2, 0) is 4.79 Å². The van der Waals surface area contributed by atoms with Crippen LogP contribution in [0.1, 0.15) is 19.3 Å². The van der Waals surface area contributed by atoms with Gasteiger partial charge in [0.05, 0.1) is 18.5 Å². The second kappa shape index (κ2) is 3.95. The van der Waals surface area contributed by atoms with Crippen LogP contribution in [0.4, 0.5) is 11.4 Å². The van der Waals surface area contributed by atoms with Crippen LogP contribution in [0.25, 0.3) is 0 Å². The minimum absolute atomic E-state index is 0.00311. The first kappa shape index (κ1) is 10.4. The first-order chi connectivity index (χ1) is 8.29. The van der Waals surface area contributed by atoms with Crippen molar-refractivity contribution in [3.8, 4) is 5.75 Å². The molecule has 1 fully saturated rings. The van der Waals surface area contributed by atoms with Gasteiger partial charge >= 0.3 is 0 Å². The molecule has 2 aliphatic rings. The highest BCUT2D eigenvalue weighted by Crippen LogP contribution is 2.38. The summed E-state index contributed by atoms with van der Waals surface area (Å²) in [4.78, 5) is 14.2. The van der Waals surface area contributed by atoms with Crippen LogP contribution in [0.3, 0.4) is 0 Å². The van der Waals surface area contributed by atoms with E-state index in [4.69, 9.17) is 4.74 Å². The SMILES string of the molecule is COc1ccc2c(c1)N1CCCCC1C(=O)N2. The number of rotatable bonds is 1. The zero-order valence-electron chi connectivity index (χ0n) is 9.90. The number of methoxy groups -OCH3 is 1. The molecule has 0 saturated carbocycles. The second-order valence-electron chi connectivity index (χ2n) is 4.58. The molecule has 0 spiro atoms. The molecular formula is C13H16N2O2. The number of benzene rings is 1. The molecule has 2 heterocycles. The molecule has 1 saturated heterocycles. The number of anilines is 2. The van der Waals surface area contributed by atoms with E-state index in [2.05, 4.69) is 10.2 Å². The molecule has 3 rings (SSSR count). The third-order valence-corrected chi connectivity index (χ3v) is 3.58. The zero-order valence-corrected chi connectivity index (χ0v) is 9.90. The molecule has 1 aromatic rings. The summed E-state index contributed by atoms with van der Waals surface area (Å²) < 4.78 is 5.25. The van der Waals surface area contributed by atoms with Gasteiger partial charge in [-0.3, -0.25) is 4.79 Å². The first-order valence-electron chi connectivity index (χ1n) is 6.05. The summed E-state index contributed by atoms with van der Waals surface area (Å²) in [6.07, 6.45) is 3.23. The fourth-order valence-electron chi connectivity index (χ4n) is 2.69. The summed E-state index contributed by atoms with van der Waals surface area (Å²) in [5, 5.41) is 2.97. The Hall–Kier alpha value is -1.71. The van der Waals surface area contributed by atoms with E-state index in [0.717, 1.165) is 42.9 Å². The molecule has 4 nitrogen and oxygen atoms in total. The van der Waals surface area contributed by atoms with E-state index in [1.54, 1.807) is 7.11 Å². The molecule has 1 aromatic carbocycles. The molecule has 4 heteroatoms. The van der Waals surface area contributed by atoms with Gasteiger partial charge in [0.15, 0.2) is 0 Å². The predicted octanol–water partition coefficient (Wildman–Crippen LogP) is 2.01. The number of nitrogens with zero attached hydrogens (tertiary/aromatic N) is 1. The Labute approximate surface area is 101 Å². The van der Waals surface area contributed by atoms with Crippen molar-refractivity contribution in [2.45, 2.75) is 25.3 Å². The lowest BCUT2D eigenvalue weighted by Gasteiger charge is -2.41. The van der Waals surface area contributed by atoms with Gasteiger partial charge in [-0.05, 0) is 31.4 Å². The normalized spacial score (nSPS) is 22.5. The average molecular weight is 232 g/mol. The maximum absolute atomic E-state index is 12.0. The molecule has 0 radical (unpaired) electrons. The van der Waals surface area contributed by atoms with Gasteiger partial charge in [-0.15, -0.1) is 0 Å². The molecule has 0 aromatic heterocycles. The van der Waals surface area contributed by atoms with Gasteiger partial charge in [0.25, 0.3) is 0 Å². The van der Waals surface area contributed by atoms with Gasteiger partial charge in [0, 0.05) is 12.6 Å². The molecular weight excluding hydrogens is 216 g/mol. The van der Waals surface area contributed by atoms with Crippen molar-refractivity contribution in [3.63, 3.8) is 0 Å². The van der Waals surface area contributed by atoms with E-state index in [-0.39, 0.29) is 11.9 Å². The molecule has 2 aliphatic heterocycles. The number of piperidine rings is 1. The van der Waals surface area contributed by atoms with Crippen molar-refractivity contribution in [3.05, 3.63) is 18.2 Å². The van der Waals surface area contributed by atoms with Crippen LogP contribution in [0.5, 0.6) is 5.75 Å². The van der Waals surface area contributed by atoms with Crippen molar-refractivity contribution in [2.24, 2.45) is 0 Å². The quantitative estimate of drug-likeness (QED) is 0.805. The Morgan fingerprint density at radius 3 is 3.12 bits per heavy atom. The summed E-state index contributed by atoms with van der Waals surface area (Å²) in [6.45, 7) is 0.957. The number of fused-ring (bicyclic) bond motifs is 3. The Balaban J connectivity index is 2.04. The van der Waals surface area contributed by atoms with Crippen LogP contribution >= 0.6 is 0 Å². The third kappa shape index (κ3) is 1.64. The van der Waals surface area contributed by atoms with Gasteiger partial charge in [-0.1, -0.05) is 0 Å².